The Morgan fingerprint density at radius 3 is 2.87 bits per heavy atom. The van der Waals surface area contributed by atoms with Crippen molar-refractivity contribution in [3.05, 3.63) is 17.6 Å². The molecule has 0 aliphatic rings. The van der Waals surface area contributed by atoms with E-state index < -0.39 is 0 Å². The van der Waals surface area contributed by atoms with Crippen LogP contribution in [0.1, 0.15) is 24.7 Å². The molecule has 4 heteroatoms. The molecule has 1 aromatic heterocycles. The molecule has 1 aromatic rings. The SMILES string of the molecule is Cc1cnc(C)c(NCC(C)CCO)n1. The van der Waals surface area contributed by atoms with Gasteiger partial charge < -0.3 is 10.4 Å². The molecule has 0 bridgehead atoms. The van der Waals surface area contributed by atoms with Crippen molar-refractivity contribution in [3.63, 3.8) is 0 Å². The molecular weight excluding hydrogens is 190 g/mol. The van der Waals surface area contributed by atoms with Crippen LogP contribution in [0.3, 0.4) is 0 Å². The van der Waals surface area contributed by atoms with Gasteiger partial charge in [0, 0.05) is 19.3 Å². The van der Waals surface area contributed by atoms with Crippen molar-refractivity contribution >= 4 is 5.82 Å². The van der Waals surface area contributed by atoms with Crippen molar-refractivity contribution < 1.29 is 5.11 Å². The van der Waals surface area contributed by atoms with Gasteiger partial charge in [0.2, 0.25) is 0 Å². The van der Waals surface area contributed by atoms with Crippen LogP contribution in [0.4, 0.5) is 5.82 Å². The number of rotatable bonds is 5. The van der Waals surface area contributed by atoms with E-state index in [9.17, 15) is 0 Å². The van der Waals surface area contributed by atoms with Crippen LogP contribution in [0.25, 0.3) is 0 Å². The van der Waals surface area contributed by atoms with E-state index in [0.717, 1.165) is 30.2 Å². The number of hydrogen-bond acceptors (Lipinski definition) is 4. The molecule has 84 valence electrons. The first-order valence-electron chi connectivity index (χ1n) is 5.28. The van der Waals surface area contributed by atoms with Gasteiger partial charge in [-0.1, -0.05) is 6.92 Å². The summed E-state index contributed by atoms with van der Waals surface area (Å²) in [5.41, 5.74) is 1.83. The van der Waals surface area contributed by atoms with Crippen LogP contribution in [-0.4, -0.2) is 28.2 Å². The summed E-state index contributed by atoms with van der Waals surface area (Å²) in [6, 6.07) is 0. The Labute approximate surface area is 90.8 Å². The lowest BCUT2D eigenvalue weighted by atomic mass is 10.1. The highest BCUT2D eigenvalue weighted by atomic mass is 16.3. The zero-order valence-corrected chi connectivity index (χ0v) is 9.62. The monoisotopic (exact) mass is 209 g/mol. The number of hydrogen-bond donors (Lipinski definition) is 2. The van der Waals surface area contributed by atoms with Crippen molar-refractivity contribution in [2.45, 2.75) is 27.2 Å². The molecule has 1 heterocycles. The summed E-state index contributed by atoms with van der Waals surface area (Å²) < 4.78 is 0. The summed E-state index contributed by atoms with van der Waals surface area (Å²) in [6.07, 6.45) is 2.57. The molecule has 0 spiro atoms. The highest BCUT2D eigenvalue weighted by Crippen LogP contribution is 2.10. The van der Waals surface area contributed by atoms with E-state index in [1.165, 1.54) is 0 Å². The molecule has 0 aliphatic carbocycles. The van der Waals surface area contributed by atoms with Crippen LogP contribution in [0.5, 0.6) is 0 Å². The Kier molecular flexibility index (Phi) is 4.49. The van der Waals surface area contributed by atoms with E-state index in [-0.39, 0.29) is 6.61 Å². The molecule has 0 fully saturated rings. The molecule has 1 unspecified atom stereocenters. The number of aliphatic hydroxyl groups excluding tert-OH is 1. The Morgan fingerprint density at radius 2 is 2.20 bits per heavy atom. The summed E-state index contributed by atoms with van der Waals surface area (Å²) in [6.45, 7) is 7.02. The lowest BCUT2D eigenvalue weighted by Crippen LogP contribution is -2.14. The standard InChI is InChI=1S/C11H19N3O/c1-8(4-5-15)6-13-11-10(3)12-7-9(2)14-11/h7-8,15H,4-6H2,1-3H3,(H,13,14). The predicted octanol–water partition coefficient (Wildman–Crippen LogP) is 1.52. The van der Waals surface area contributed by atoms with Gasteiger partial charge in [-0.15, -0.1) is 0 Å². The molecule has 1 atom stereocenters. The number of aromatic nitrogens is 2. The smallest absolute Gasteiger partial charge is 0.147 e. The van der Waals surface area contributed by atoms with Crippen molar-refractivity contribution in [2.24, 2.45) is 5.92 Å². The molecule has 0 saturated heterocycles. The quantitative estimate of drug-likeness (QED) is 0.772. The maximum Gasteiger partial charge on any atom is 0.147 e. The zero-order valence-electron chi connectivity index (χ0n) is 9.62. The molecule has 4 nitrogen and oxygen atoms in total. The molecule has 0 amide bonds. The molecule has 0 aromatic carbocycles. The second kappa shape index (κ2) is 5.66. The third-order valence-electron chi connectivity index (χ3n) is 2.32. The predicted molar refractivity (Wildman–Crippen MR) is 60.9 cm³/mol. The van der Waals surface area contributed by atoms with Gasteiger partial charge in [-0.25, -0.2) is 4.98 Å². The first kappa shape index (κ1) is 11.9. The maximum absolute atomic E-state index is 8.78. The minimum absolute atomic E-state index is 0.237. The van der Waals surface area contributed by atoms with Crippen LogP contribution in [-0.2, 0) is 0 Å². The second-order valence-corrected chi connectivity index (χ2v) is 3.94. The van der Waals surface area contributed by atoms with Gasteiger partial charge >= 0.3 is 0 Å². The van der Waals surface area contributed by atoms with E-state index in [4.69, 9.17) is 5.11 Å². The zero-order chi connectivity index (χ0) is 11.3. The highest BCUT2D eigenvalue weighted by Gasteiger charge is 2.04. The minimum Gasteiger partial charge on any atom is -0.396 e. The van der Waals surface area contributed by atoms with E-state index in [1.54, 1.807) is 6.20 Å². The molecule has 0 radical (unpaired) electrons. The molecule has 2 N–H and O–H groups in total. The van der Waals surface area contributed by atoms with Gasteiger partial charge in [0.1, 0.15) is 5.82 Å². The second-order valence-electron chi connectivity index (χ2n) is 3.94. The van der Waals surface area contributed by atoms with Crippen LogP contribution in [0.15, 0.2) is 6.20 Å². The Hall–Kier alpha value is -1.16. The van der Waals surface area contributed by atoms with Gasteiger partial charge in [-0.2, -0.15) is 0 Å². The maximum atomic E-state index is 8.78. The van der Waals surface area contributed by atoms with Crippen molar-refractivity contribution in [1.82, 2.24) is 9.97 Å². The first-order valence-corrected chi connectivity index (χ1v) is 5.28. The number of nitrogens with zero attached hydrogens (tertiary/aromatic N) is 2. The largest absolute Gasteiger partial charge is 0.396 e. The van der Waals surface area contributed by atoms with Gasteiger partial charge in [-0.05, 0) is 26.2 Å². The minimum atomic E-state index is 0.237. The average molecular weight is 209 g/mol. The van der Waals surface area contributed by atoms with Gasteiger partial charge in [0.05, 0.1) is 11.4 Å². The molecule has 0 aliphatic heterocycles. The topological polar surface area (TPSA) is 58.0 Å². The number of aryl methyl sites for hydroxylation is 2. The summed E-state index contributed by atoms with van der Waals surface area (Å²) in [5, 5.41) is 12.0. The van der Waals surface area contributed by atoms with Crippen molar-refractivity contribution in [3.8, 4) is 0 Å². The summed E-state index contributed by atoms with van der Waals surface area (Å²) in [4.78, 5) is 8.60. The normalized spacial score (nSPS) is 12.5. The van der Waals surface area contributed by atoms with Crippen LogP contribution >= 0.6 is 0 Å². The van der Waals surface area contributed by atoms with Crippen LogP contribution in [0.2, 0.25) is 0 Å². The highest BCUT2D eigenvalue weighted by molar-refractivity contribution is 5.39. The van der Waals surface area contributed by atoms with E-state index in [1.807, 2.05) is 13.8 Å². The average Bonchev–Trinajstić information content (AvgIpc) is 2.20. The van der Waals surface area contributed by atoms with E-state index >= 15 is 0 Å². The van der Waals surface area contributed by atoms with Crippen molar-refractivity contribution in [1.29, 1.82) is 0 Å². The van der Waals surface area contributed by atoms with E-state index in [2.05, 4.69) is 22.2 Å². The molecule has 0 saturated carbocycles. The molecule has 15 heavy (non-hydrogen) atoms. The lowest BCUT2D eigenvalue weighted by Gasteiger charge is -2.13. The Bertz CT molecular complexity index is 315. The van der Waals surface area contributed by atoms with Gasteiger partial charge in [-0.3, -0.25) is 4.98 Å². The Balaban J connectivity index is 2.53. The van der Waals surface area contributed by atoms with Crippen LogP contribution in [0, 0.1) is 19.8 Å². The summed E-state index contributed by atoms with van der Waals surface area (Å²) in [7, 11) is 0. The van der Waals surface area contributed by atoms with Crippen molar-refractivity contribution in [2.75, 3.05) is 18.5 Å². The van der Waals surface area contributed by atoms with Crippen LogP contribution < -0.4 is 5.32 Å². The number of anilines is 1. The summed E-state index contributed by atoms with van der Waals surface area (Å²) in [5.74, 6) is 1.29. The molecular formula is C11H19N3O. The van der Waals surface area contributed by atoms with Gasteiger partial charge in [0.15, 0.2) is 0 Å². The first-order chi connectivity index (χ1) is 7.13. The fourth-order valence-corrected chi connectivity index (χ4v) is 1.30. The fraction of sp³-hybridized carbons (Fsp3) is 0.636. The Morgan fingerprint density at radius 1 is 1.47 bits per heavy atom. The lowest BCUT2D eigenvalue weighted by molar-refractivity contribution is 0.266. The number of aliphatic hydroxyl groups is 1. The number of nitrogens with one attached hydrogen (secondary N) is 1. The fourth-order valence-electron chi connectivity index (χ4n) is 1.30. The summed E-state index contributed by atoms with van der Waals surface area (Å²) >= 11 is 0. The third-order valence-corrected chi connectivity index (χ3v) is 2.32. The van der Waals surface area contributed by atoms with Gasteiger partial charge in [0.25, 0.3) is 0 Å². The molecule has 1 rings (SSSR count). The third kappa shape index (κ3) is 3.83. The van der Waals surface area contributed by atoms with E-state index in [0.29, 0.717) is 5.92 Å².